The highest BCUT2D eigenvalue weighted by Gasteiger charge is 2.64. The lowest BCUT2D eigenvalue weighted by Gasteiger charge is -2.62. The summed E-state index contributed by atoms with van der Waals surface area (Å²) in [6, 6.07) is 0. The highest BCUT2D eigenvalue weighted by atomic mass is 16.7. The number of aliphatic hydroxyl groups excluding tert-OH is 2. The van der Waals surface area contributed by atoms with Gasteiger partial charge in [-0.25, -0.2) is 0 Å². The van der Waals surface area contributed by atoms with Crippen LogP contribution in [0.15, 0.2) is 0 Å². The first kappa shape index (κ1) is 23.6. The van der Waals surface area contributed by atoms with Gasteiger partial charge in [-0.3, -0.25) is 0 Å². The zero-order valence-corrected chi connectivity index (χ0v) is 21.2. The molecule has 0 aromatic carbocycles. The minimum atomic E-state index is -0.434. The molecule has 5 rings (SSSR count). The van der Waals surface area contributed by atoms with Gasteiger partial charge in [0.05, 0.1) is 24.9 Å². The fourth-order valence-electron chi connectivity index (χ4n) is 9.62. The molecule has 4 nitrogen and oxygen atoms in total. The molecule has 0 amide bonds. The van der Waals surface area contributed by atoms with Crippen LogP contribution in [-0.2, 0) is 9.47 Å². The molecule has 1 heterocycles. The monoisotopic (exact) mass is 448 g/mol. The van der Waals surface area contributed by atoms with E-state index in [1.165, 1.54) is 19.3 Å². The summed E-state index contributed by atoms with van der Waals surface area (Å²) in [6.07, 6.45) is 10.5. The maximum atomic E-state index is 11.3. The Kier molecular flexibility index (Phi) is 6.05. The van der Waals surface area contributed by atoms with Crippen molar-refractivity contribution in [3.63, 3.8) is 0 Å². The molecule has 5 aliphatic rings. The predicted molar refractivity (Wildman–Crippen MR) is 126 cm³/mol. The van der Waals surface area contributed by atoms with Crippen molar-refractivity contribution in [1.29, 1.82) is 0 Å². The Bertz CT molecular complexity index is 687. The normalized spacial score (nSPS) is 58.0. The van der Waals surface area contributed by atoms with Crippen LogP contribution < -0.4 is 0 Å². The Morgan fingerprint density at radius 1 is 0.875 bits per heavy atom. The zero-order chi connectivity index (χ0) is 22.9. The maximum absolute atomic E-state index is 11.3. The van der Waals surface area contributed by atoms with Gasteiger partial charge in [0, 0.05) is 6.42 Å². The molecule has 0 spiro atoms. The molecule has 0 radical (unpaired) electrons. The first-order valence-electron chi connectivity index (χ1n) is 13.8. The summed E-state index contributed by atoms with van der Waals surface area (Å²) in [5.74, 6) is 2.93. The fourth-order valence-corrected chi connectivity index (χ4v) is 9.62. The molecular formula is C28H48O4. The third-order valence-corrected chi connectivity index (χ3v) is 11.5. The zero-order valence-electron chi connectivity index (χ0n) is 21.2. The predicted octanol–water partition coefficient (Wildman–Crippen LogP) is 5.54. The van der Waals surface area contributed by atoms with E-state index in [4.69, 9.17) is 9.47 Å². The minimum absolute atomic E-state index is 0.179. The van der Waals surface area contributed by atoms with Crippen molar-refractivity contribution < 1.29 is 19.7 Å². The molecule has 2 N–H and O–H groups in total. The van der Waals surface area contributed by atoms with Crippen molar-refractivity contribution in [3.05, 3.63) is 0 Å². The van der Waals surface area contributed by atoms with Gasteiger partial charge in [-0.2, -0.15) is 0 Å². The van der Waals surface area contributed by atoms with Crippen LogP contribution in [0.2, 0.25) is 0 Å². The molecule has 184 valence electrons. The number of hydrogen-bond acceptors (Lipinski definition) is 4. The van der Waals surface area contributed by atoms with Crippen LogP contribution in [0.25, 0.3) is 0 Å². The second-order valence-electron chi connectivity index (χ2n) is 13.3. The molecule has 0 unspecified atom stereocenters. The summed E-state index contributed by atoms with van der Waals surface area (Å²) >= 11 is 0. The van der Waals surface area contributed by atoms with Crippen molar-refractivity contribution in [2.75, 3.05) is 6.61 Å². The van der Waals surface area contributed by atoms with E-state index in [1.54, 1.807) is 0 Å². The van der Waals surface area contributed by atoms with Crippen LogP contribution in [-0.4, -0.2) is 40.9 Å². The lowest BCUT2D eigenvalue weighted by Crippen LogP contribution is -2.58. The van der Waals surface area contributed by atoms with Crippen molar-refractivity contribution in [2.45, 2.75) is 123 Å². The van der Waals surface area contributed by atoms with Gasteiger partial charge in [-0.1, -0.05) is 34.1 Å². The second kappa shape index (κ2) is 8.21. The van der Waals surface area contributed by atoms with Crippen molar-refractivity contribution >= 4 is 0 Å². The SMILES string of the molecule is CC[C@H]1[C@@H](O[C@@]2(C)CC[C@@H](C)CO2)C[C@H]2[C@@H]3C[C@H](O)[C@H]4C[C@@H](O)CC[C@]4(C)[C@H]3CC[C@@]21C. The standard InChI is InChI=1S/C28H48O4/c1-6-20-25(32-28(5)12-7-17(2)16-31-28)15-22-19-14-24(30)23-13-18(29)8-10-27(23,4)21(19)9-11-26(20,22)3/h17-25,29-30H,6-16H2,1-5H3/t17-,18+,19-,20+,21+,22+,23-,24+,25+,26-,27-,28+/m1/s1. The average Bonchev–Trinajstić information content (AvgIpc) is 3.03. The molecule has 4 aliphatic carbocycles. The number of fused-ring (bicyclic) bond motifs is 5. The van der Waals surface area contributed by atoms with Crippen LogP contribution in [0, 0.1) is 46.3 Å². The van der Waals surface area contributed by atoms with Gasteiger partial charge in [0.1, 0.15) is 0 Å². The molecule has 0 aromatic heterocycles. The lowest BCUT2D eigenvalue weighted by molar-refractivity contribution is -0.279. The molecule has 32 heavy (non-hydrogen) atoms. The Balaban J connectivity index is 1.39. The van der Waals surface area contributed by atoms with E-state index in [-0.39, 0.29) is 29.6 Å². The Morgan fingerprint density at radius 2 is 1.62 bits per heavy atom. The third-order valence-electron chi connectivity index (χ3n) is 11.5. The molecular weight excluding hydrogens is 400 g/mol. The number of ether oxygens (including phenoxy) is 2. The Morgan fingerprint density at radius 3 is 2.31 bits per heavy atom. The van der Waals surface area contributed by atoms with Gasteiger partial charge >= 0.3 is 0 Å². The van der Waals surface area contributed by atoms with E-state index in [0.29, 0.717) is 35.0 Å². The van der Waals surface area contributed by atoms with Crippen LogP contribution in [0.5, 0.6) is 0 Å². The Labute approximate surface area is 195 Å². The minimum Gasteiger partial charge on any atom is -0.393 e. The fraction of sp³-hybridized carbons (Fsp3) is 1.00. The van der Waals surface area contributed by atoms with Crippen LogP contribution in [0.4, 0.5) is 0 Å². The molecule has 1 saturated heterocycles. The number of aliphatic hydroxyl groups is 2. The van der Waals surface area contributed by atoms with Gasteiger partial charge in [-0.15, -0.1) is 0 Å². The van der Waals surface area contributed by atoms with E-state index in [1.807, 2.05) is 0 Å². The maximum Gasteiger partial charge on any atom is 0.165 e. The van der Waals surface area contributed by atoms with E-state index in [2.05, 4.69) is 34.6 Å². The van der Waals surface area contributed by atoms with E-state index >= 15 is 0 Å². The number of rotatable bonds is 3. The van der Waals surface area contributed by atoms with E-state index in [0.717, 1.165) is 51.6 Å². The summed E-state index contributed by atoms with van der Waals surface area (Å²) in [6.45, 7) is 12.6. The molecule has 4 saturated carbocycles. The molecule has 12 atom stereocenters. The van der Waals surface area contributed by atoms with E-state index < -0.39 is 5.79 Å². The van der Waals surface area contributed by atoms with Gasteiger partial charge in [0.2, 0.25) is 0 Å². The first-order chi connectivity index (χ1) is 15.1. The van der Waals surface area contributed by atoms with Crippen molar-refractivity contribution in [1.82, 2.24) is 0 Å². The third kappa shape index (κ3) is 3.62. The Hall–Kier alpha value is -0.160. The van der Waals surface area contributed by atoms with Crippen LogP contribution in [0.1, 0.15) is 98.8 Å². The molecule has 1 aliphatic heterocycles. The number of hydrogen-bond donors (Lipinski definition) is 2. The molecule has 0 bridgehead atoms. The van der Waals surface area contributed by atoms with Crippen LogP contribution >= 0.6 is 0 Å². The van der Waals surface area contributed by atoms with Crippen LogP contribution in [0.3, 0.4) is 0 Å². The topological polar surface area (TPSA) is 58.9 Å². The summed E-state index contributed by atoms with van der Waals surface area (Å²) in [5.41, 5.74) is 0.480. The molecule has 5 fully saturated rings. The average molecular weight is 449 g/mol. The molecule has 0 aromatic rings. The highest BCUT2D eigenvalue weighted by molar-refractivity contribution is 5.12. The summed E-state index contributed by atoms with van der Waals surface area (Å²) in [7, 11) is 0. The first-order valence-corrected chi connectivity index (χ1v) is 13.8. The van der Waals surface area contributed by atoms with Gasteiger partial charge < -0.3 is 19.7 Å². The largest absolute Gasteiger partial charge is 0.393 e. The van der Waals surface area contributed by atoms with Crippen molar-refractivity contribution in [3.8, 4) is 0 Å². The van der Waals surface area contributed by atoms with E-state index in [9.17, 15) is 10.2 Å². The highest BCUT2D eigenvalue weighted by Crippen LogP contribution is 2.68. The second-order valence-corrected chi connectivity index (χ2v) is 13.3. The summed E-state index contributed by atoms with van der Waals surface area (Å²) < 4.78 is 13.1. The summed E-state index contributed by atoms with van der Waals surface area (Å²) in [4.78, 5) is 0. The van der Waals surface area contributed by atoms with Crippen molar-refractivity contribution in [2.24, 2.45) is 46.3 Å². The quantitative estimate of drug-likeness (QED) is 0.595. The summed E-state index contributed by atoms with van der Waals surface area (Å²) in [5, 5.41) is 21.6. The van der Waals surface area contributed by atoms with Gasteiger partial charge in [-0.05, 0) is 105 Å². The smallest absolute Gasteiger partial charge is 0.165 e. The van der Waals surface area contributed by atoms with Gasteiger partial charge in [0.15, 0.2) is 5.79 Å². The van der Waals surface area contributed by atoms with Gasteiger partial charge in [0.25, 0.3) is 0 Å². The lowest BCUT2D eigenvalue weighted by atomic mass is 9.44. The molecule has 4 heteroatoms.